The van der Waals surface area contributed by atoms with Crippen molar-refractivity contribution in [1.29, 1.82) is 0 Å². The van der Waals surface area contributed by atoms with Crippen LogP contribution in [0.15, 0.2) is 18.2 Å². The summed E-state index contributed by atoms with van der Waals surface area (Å²) in [5.41, 5.74) is -0.931. The molecule has 132 valence electrons. The maximum atomic E-state index is 12.8. The van der Waals surface area contributed by atoms with E-state index in [-0.39, 0.29) is 22.4 Å². The molecule has 1 heterocycles. The first-order chi connectivity index (χ1) is 10.9. The molecule has 0 radical (unpaired) electrons. The zero-order valence-electron chi connectivity index (χ0n) is 13.7. The summed E-state index contributed by atoms with van der Waals surface area (Å²) in [4.78, 5) is 13.8. The second-order valence-corrected chi connectivity index (χ2v) is 8.02. The zero-order valence-corrected chi connectivity index (χ0v) is 14.5. The number of rotatable bonds is 1. The molecule has 2 atom stereocenters. The van der Waals surface area contributed by atoms with Gasteiger partial charge in [0.05, 0.1) is 10.6 Å². The van der Waals surface area contributed by atoms with Gasteiger partial charge in [-0.05, 0) is 50.8 Å². The fourth-order valence-electron chi connectivity index (χ4n) is 3.45. The largest absolute Gasteiger partial charge is 0.444 e. The summed E-state index contributed by atoms with van der Waals surface area (Å²) in [5.74, 6) is 0.248. The quantitative estimate of drug-likeness (QED) is 0.714. The zero-order chi connectivity index (χ0) is 17.9. The van der Waals surface area contributed by atoms with Crippen LogP contribution in [-0.4, -0.2) is 29.7 Å². The maximum Gasteiger partial charge on any atom is 0.417 e. The Hall–Kier alpha value is -1.43. The van der Waals surface area contributed by atoms with E-state index in [9.17, 15) is 18.0 Å². The first kappa shape index (κ1) is 17.4. The fourth-order valence-corrected chi connectivity index (χ4v) is 3.74. The molecule has 0 bridgehead atoms. The van der Waals surface area contributed by atoms with E-state index in [2.05, 4.69) is 0 Å². The van der Waals surface area contributed by atoms with E-state index >= 15 is 0 Å². The second kappa shape index (κ2) is 5.28. The van der Waals surface area contributed by atoms with Gasteiger partial charge in [0.15, 0.2) is 0 Å². The van der Waals surface area contributed by atoms with Crippen LogP contribution in [0.4, 0.5) is 18.0 Å². The minimum atomic E-state index is -4.46. The molecule has 3 nitrogen and oxygen atoms in total. The third kappa shape index (κ3) is 3.08. The van der Waals surface area contributed by atoms with Gasteiger partial charge >= 0.3 is 12.3 Å². The van der Waals surface area contributed by atoms with Gasteiger partial charge in [-0.2, -0.15) is 13.2 Å². The number of carbonyl (C=O) groups is 1. The van der Waals surface area contributed by atoms with Crippen molar-refractivity contribution >= 4 is 17.7 Å². The highest BCUT2D eigenvalue weighted by atomic mass is 35.5. The van der Waals surface area contributed by atoms with Crippen LogP contribution in [0, 0.1) is 5.92 Å². The first-order valence-corrected chi connectivity index (χ1v) is 8.15. The predicted molar refractivity (Wildman–Crippen MR) is 84.0 cm³/mol. The number of hydrogen-bond donors (Lipinski definition) is 0. The third-order valence-corrected chi connectivity index (χ3v) is 4.96. The number of nitrogens with zero attached hydrogens (tertiary/aromatic N) is 1. The molecule has 1 amide bonds. The molecule has 1 saturated carbocycles. The molecule has 0 aromatic heterocycles. The van der Waals surface area contributed by atoms with Crippen molar-refractivity contribution in [3.63, 3.8) is 0 Å². The van der Waals surface area contributed by atoms with Crippen LogP contribution in [0.1, 0.15) is 38.3 Å². The van der Waals surface area contributed by atoms with Crippen LogP contribution in [0.2, 0.25) is 5.02 Å². The molecule has 3 rings (SSSR count). The van der Waals surface area contributed by atoms with Crippen molar-refractivity contribution in [2.75, 3.05) is 13.1 Å². The highest BCUT2D eigenvalue weighted by molar-refractivity contribution is 6.31. The summed E-state index contributed by atoms with van der Waals surface area (Å²) in [6, 6.07) is 3.90. The molecule has 0 N–H and O–H groups in total. The summed E-state index contributed by atoms with van der Waals surface area (Å²) >= 11 is 5.83. The van der Waals surface area contributed by atoms with Crippen molar-refractivity contribution in [1.82, 2.24) is 4.90 Å². The van der Waals surface area contributed by atoms with Gasteiger partial charge in [0.2, 0.25) is 0 Å². The van der Waals surface area contributed by atoms with Gasteiger partial charge in [-0.1, -0.05) is 17.7 Å². The van der Waals surface area contributed by atoms with Crippen molar-refractivity contribution in [3.8, 4) is 0 Å². The Labute approximate surface area is 143 Å². The van der Waals surface area contributed by atoms with E-state index in [0.29, 0.717) is 13.1 Å². The number of ether oxygens (including phenoxy) is 1. The lowest BCUT2D eigenvalue weighted by Crippen LogP contribution is -2.37. The Bertz CT molecular complexity index is 683. The van der Waals surface area contributed by atoms with Gasteiger partial charge in [0.1, 0.15) is 5.60 Å². The monoisotopic (exact) mass is 361 g/mol. The van der Waals surface area contributed by atoms with Crippen molar-refractivity contribution < 1.29 is 22.7 Å². The minimum absolute atomic E-state index is 0.248. The molecule has 2 unspecified atom stereocenters. The van der Waals surface area contributed by atoms with Crippen LogP contribution in [-0.2, 0) is 16.3 Å². The van der Waals surface area contributed by atoms with E-state index in [1.807, 2.05) is 0 Å². The smallest absolute Gasteiger partial charge is 0.417 e. The average molecular weight is 362 g/mol. The van der Waals surface area contributed by atoms with Gasteiger partial charge < -0.3 is 9.64 Å². The van der Waals surface area contributed by atoms with Gasteiger partial charge in [-0.3, -0.25) is 0 Å². The number of likely N-dealkylation sites (tertiary alicyclic amines) is 1. The summed E-state index contributed by atoms with van der Waals surface area (Å²) in [7, 11) is 0. The molecular formula is C17H19ClF3NO2. The van der Waals surface area contributed by atoms with Crippen LogP contribution in [0.5, 0.6) is 0 Å². The van der Waals surface area contributed by atoms with Gasteiger partial charge in [0, 0.05) is 18.5 Å². The predicted octanol–water partition coefficient (Wildman–Crippen LogP) is 4.87. The molecule has 24 heavy (non-hydrogen) atoms. The number of piperidine rings is 1. The summed E-state index contributed by atoms with van der Waals surface area (Å²) in [6.45, 7) is 6.41. The Balaban J connectivity index is 1.78. The lowest BCUT2D eigenvalue weighted by atomic mass is 9.94. The van der Waals surface area contributed by atoms with Crippen LogP contribution in [0.3, 0.4) is 0 Å². The first-order valence-electron chi connectivity index (χ1n) is 7.77. The number of carbonyl (C=O) groups excluding carboxylic acids is 1. The van der Waals surface area contributed by atoms with E-state index in [4.69, 9.17) is 16.3 Å². The molecule has 1 aliphatic carbocycles. The summed E-state index contributed by atoms with van der Waals surface area (Å²) in [6.07, 6.45) is -3.99. The Morgan fingerprint density at radius 2 is 2.00 bits per heavy atom. The second-order valence-electron chi connectivity index (χ2n) is 7.61. The standard InChI is InChI=1S/C17H19ClF3NO2/c1-15(2,3)24-14(23)22-8-11-7-16(11,9-22)10-4-5-12(13(18)6-10)17(19,20)21/h4-6,11H,7-9H2,1-3H3. The number of fused-ring (bicyclic) bond motifs is 1. The molecule has 1 aliphatic heterocycles. The van der Waals surface area contributed by atoms with Crippen molar-refractivity contribution in [2.24, 2.45) is 5.92 Å². The number of alkyl halides is 3. The van der Waals surface area contributed by atoms with Crippen LogP contribution in [0.25, 0.3) is 0 Å². The highest BCUT2D eigenvalue weighted by Crippen LogP contribution is 2.59. The highest BCUT2D eigenvalue weighted by Gasteiger charge is 2.62. The fraction of sp³-hybridized carbons (Fsp3) is 0.588. The number of halogens is 4. The van der Waals surface area contributed by atoms with Gasteiger partial charge in [-0.25, -0.2) is 4.79 Å². The van der Waals surface area contributed by atoms with Crippen molar-refractivity contribution in [3.05, 3.63) is 34.3 Å². The molecule has 1 aromatic carbocycles. The Morgan fingerprint density at radius 3 is 2.54 bits per heavy atom. The molecule has 2 fully saturated rings. The SMILES string of the molecule is CC(C)(C)OC(=O)N1CC2CC2(c2ccc(C(F)(F)F)c(Cl)c2)C1. The van der Waals surface area contributed by atoms with Crippen molar-refractivity contribution in [2.45, 2.75) is 44.4 Å². The number of amides is 1. The normalized spacial score (nSPS) is 26.3. The number of hydrogen-bond acceptors (Lipinski definition) is 2. The lowest BCUT2D eigenvalue weighted by Gasteiger charge is -2.26. The summed E-state index contributed by atoms with van der Waals surface area (Å²) < 4.78 is 43.9. The van der Waals surface area contributed by atoms with Crippen LogP contribution >= 0.6 is 11.6 Å². The number of benzene rings is 1. The van der Waals surface area contributed by atoms with Crippen LogP contribution < -0.4 is 0 Å². The average Bonchev–Trinajstić information content (AvgIpc) is 2.98. The molecule has 0 spiro atoms. The topological polar surface area (TPSA) is 29.5 Å². The van der Waals surface area contributed by atoms with Gasteiger partial charge in [0.25, 0.3) is 0 Å². The molecule has 2 aliphatic rings. The third-order valence-electron chi connectivity index (χ3n) is 4.65. The van der Waals surface area contributed by atoms with Gasteiger partial charge in [-0.15, -0.1) is 0 Å². The molecule has 1 saturated heterocycles. The molecular weight excluding hydrogens is 343 g/mol. The molecule has 7 heteroatoms. The Morgan fingerprint density at radius 1 is 1.33 bits per heavy atom. The Kier molecular flexibility index (Phi) is 3.83. The molecule has 1 aromatic rings. The van der Waals surface area contributed by atoms with E-state index in [1.165, 1.54) is 12.1 Å². The van der Waals surface area contributed by atoms with E-state index < -0.39 is 17.3 Å². The van der Waals surface area contributed by atoms with E-state index in [1.54, 1.807) is 25.7 Å². The maximum absolute atomic E-state index is 12.8. The minimum Gasteiger partial charge on any atom is -0.444 e. The lowest BCUT2D eigenvalue weighted by molar-refractivity contribution is -0.137. The summed E-state index contributed by atoms with van der Waals surface area (Å²) in [5, 5.41) is -0.296. The van der Waals surface area contributed by atoms with E-state index in [0.717, 1.165) is 18.1 Å².